The van der Waals surface area contributed by atoms with Crippen molar-refractivity contribution in [2.75, 3.05) is 13.6 Å². The fraction of sp³-hybridized carbons (Fsp3) is 0.889. The second-order valence-corrected chi connectivity index (χ2v) is 3.58. The maximum Gasteiger partial charge on any atom is 0.304 e. The van der Waals surface area contributed by atoms with Gasteiger partial charge < -0.3 is 10.0 Å². The molecule has 0 aliphatic carbocycles. The molecular formula is C9H17NO2. The first kappa shape index (κ1) is 9.52. The highest BCUT2D eigenvalue weighted by Crippen LogP contribution is 2.17. The smallest absolute Gasteiger partial charge is 0.304 e. The van der Waals surface area contributed by atoms with Gasteiger partial charge in [0.2, 0.25) is 0 Å². The summed E-state index contributed by atoms with van der Waals surface area (Å²) in [7, 11) is 2.03. The van der Waals surface area contributed by atoms with Crippen LogP contribution in [0.3, 0.4) is 0 Å². The molecule has 1 atom stereocenters. The number of likely N-dealkylation sites (tertiary alicyclic amines) is 1. The van der Waals surface area contributed by atoms with Crippen LogP contribution in [0.1, 0.15) is 32.1 Å². The molecule has 70 valence electrons. The summed E-state index contributed by atoms with van der Waals surface area (Å²) in [5.74, 6) is -0.672. The minimum absolute atomic E-state index is 0.269. The van der Waals surface area contributed by atoms with E-state index >= 15 is 0 Å². The SMILES string of the molecule is CN1CCCCCC1CC(=O)O. The van der Waals surface area contributed by atoms with Crippen molar-refractivity contribution in [3.05, 3.63) is 0 Å². The third-order valence-corrected chi connectivity index (χ3v) is 2.58. The molecule has 12 heavy (non-hydrogen) atoms. The molecule has 0 aromatic heterocycles. The molecule has 1 aliphatic heterocycles. The van der Waals surface area contributed by atoms with Crippen LogP contribution in [0.5, 0.6) is 0 Å². The first-order valence-electron chi connectivity index (χ1n) is 4.62. The van der Waals surface area contributed by atoms with E-state index in [0.717, 1.165) is 13.0 Å². The molecule has 0 saturated carbocycles. The molecule has 0 amide bonds. The van der Waals surface area contributed by atoms with Gasteiger partial charge >= 0.3 is 5.97 Å². The monoisotopic (exact) mass is 171 g/mol. The van der Waals surface area contributed by atoms with Crippen molar-refractivity contribution in [3.63, 3.8) is 0 Å². The van der Waals surface area contributed by atoms with Crippen LogP contribution in [0, 0.1) is 0 Å². The number of aliphatic carboxylic acids is 1. The Morgan fingerprint density at radius 2 is 2.25 bits per heavy atom. The molecular weight excluding hydrogens is 154 g/mol. The lowest BCUT2D eigenvalue weighted by molar-refractivity contribution is -0.138. The Kier molecular flexibility index (Phi) is 3.53. The Morgan fingerprint density at radius 1 is 1.50 bits per heavy atom. The number of carboxylic acids is 1. The Labute approximate surface area is 73.4 Å². The van der Waals surface area contributed by atoms with Crippen LogP contribution in [-0.4, -0.2) is 35.6 Å². The van der Waals surface area contributed by atoms with Gasteiger partial charge in [-0.25, -0.2) is 0 Å². The molecule has 3 heteroatoms. The van der Waals surface area contributed by atoms with E-state index in [1.807, 2.05) is 7.05 Å². The average Bonchev–Trinajstić information content (AvgIpc) is 2.16. The van der Waals surface area contributed by atoms with Gasteiger partial charge in [-0.3, -0.25) is 4.79 Å². The second kappa shape index (κ2) is 4.45. The van der Waals surface area contributed by atoms with E-state index in [1.165, 1.54) is 19.3 Å². The molecule has 1 fully saturated rings. The maximum atomic E-state index is 10.5. The Balaban J connectivity index is 2.41. The second-order valence-electron chi connectivity index (χ2n) is 3.58. The van der Waals surface area contributed by atoms with Gasteiger partial charge in [0.25, 0.3) is 0 Å². The number of hydrogen-bond donors (Lipinski definition) is 1. The fourth-order valence-corrected chi connectivity index (χ4v) is 1.78. The van der Waals surface area contributed by atoms with Crippen LogP contribution in [0.15, 0.2) is 0 Å². The summed E-state index contributed by atoms with van der Waals surface area (Å²) >= 11 is 0. The fourth-order valence-electron chi connectivity index (χ4n) is 1.78. The summed E-state index contributed by atoms with van der Waals surface area (Å²) in [6, 6.07) is 0.269. The molecule has 1 N–H and O–H groups in total. The number of carbonyl (C=O) groups is 1. The van der Waals surface area contributed by atoms with Crippen molar-refractivity contribution in [2.24, 2.45) is 0 Å². The summed E-state index contributed by atoms with van der Waals surface area (Å²) in [5.41, 5.74) is 0. The van der Waals surface area contributed by atoms with Gasteiger partial charge in [-0.2, -0.15) is 0 Å². The van der Waals surface area contributed by atoms with E-state index in [2.05, 4.69) is 4.90 Å². The summed E-state index contributed by atoms with van der Waals surface area (Å²) in [6.45, 7) is 1.05. The molecule has 0 aromatic rings. The molecule has 1 heterocycles. The van der Waals surface area contributed by atoms with Gasteiger partial charge in [0.05, 0.1) is 6.42 Å². The lowest BCUT2D eigenvalue weighted by Crippen LogP contribution is -2.32. The zero-order valence-electron chi connectivity index (χ0n) is 7.62. The van der Waals surface area contributed by atoms with Crippen molar-refractivity contribution >= 4 is 5.97 Å². The number of carboxylic acid groups (broad SMARTS) is 1. The Bertz CT molecular complexity index is 159. The highest BCUT2D eigenvalue weighted by Gasteiger charge is 2.19. The van der Waals surface area contributed by atoms with Gasteiger partial charge in [0.1, 0.15) is 0 Å². The summed E-state index contributed by atoms with van der Waals surface area (Å²) < 4.78 is 0. The van der Waals surface area contributed by atoms with Crippen molar-refractivity contribution in [1.29, 1.82) is 0 Å². The minimum atomic E-state index is -0.672. The zero-order valence-corrected chi connectivity index (χ0v) is 7.62. The third kappa shape index (κ3) is 2.81. The van der Waals surface area contributed by atoms with Crippen LogP contribution >= 0.6 is 0 Å². The quantitative estimate of drug-likeness (QED) is 0.681. The average molecular weight is 171 g/mol. The van der Waals surface area contributed by atoms with Gasteiger partial charge in [0, 0.05) is 6.04 Å². The number of hydrogen-bond acceptors (Lipinski definition) is 2. The topological polar surface area (TPSA) is 40.5 Å². The van der Waals surface area contributed by atoms with Crippen LogP contribution in [0.4, 0.5) is 0 Å². The molecule has 1 unspecified atom stereocenters. The largest absolute Gasteiger partial charge is 0.481 e. The lowest BCUT2D eigenvalue weighted by Gasteiger charge is -2.23. The maximum absolute atomic E-state index is 10.5. The van der Waals surface area contributed by atoms with Crippen molar-refractivity contribution in [3.8, 4) is 0 Å². The van der Waals surface area contributed by atoms with Gasteiger partial charge in [-0.1, -0.05) is 12.8 Å². The Morgan fingerprint density at radius 3 is 2.92 bits per heavy atom. The normalized spacial score (nSPS) is 26.6. The number of nitrogens with zero attached hydrogens (tertiary/aromatic N) is 1. The third-order valence-electron chi connectivity index (χ3n) is 2.58. The predicted molar refractivity (Wildman–Crippen MR) is 47.1 cm³/mol. The van der Waals surface area contributed by atoms with Gasteiger partial charge in [-0.15, -0.1) is 0 Å². The summed E-state index contributed by atoms with van der Waals surface area (Å²) in [5, 5.41) is 8.65. The van der Waals surface area contributed by atoms with E-state index in [-0.39, 0.29) is 6.04 Å². The lowest BCUT2D eigenvalue weighted by atomic mass is 10.1. The molecule has 1 aliphatic rings. The molecule has 3 nitrogen and oxygen atoms in total. The predicted octanol–water partition coefficient (Wildman–Crippen LogP) is 1.34. The van der Waals surface area contributed by atoms with E-state index in [1.54, 1.807) is 0 Å². The van der Waals surface area contributed by atoms with E-state index in [9.17, 15) is 4.79 Å². The Hall–Kier alpha value is -0.570. The van der Waals surface area contributed by atoms with E-state index in [4.69, 9.17) is 5.11 Å². The van der Waals surface area contributed by atoms with Gasteiger partial charge in [0.15, 0.2) is 0 Å². The molecule has 0 radical (unpaired) electrons. The van der Waals surface area contributed by atoms with E-state index < -0.39 is 5.97 Å². The van der Waals surface area contributed by atoms with Crippen molar-refractivity contribution < 1.29 is 9.90 Å². The van der Waals surface area contributed by atoms with Crippen LogP contribution < -0.4 is 0 Å². The zero-order chi connectivity index (χ0) is 8.97. The number of rotatable bonds is 2. The minimum Gasteiger partial charge on any atom is -0.481 e. The van der Waals surface area contributed by atoms with Crippen molar-refractivity contribution in [2.45, 2.75) is 38.1 Å². The standard InChI is InChI=1S/C9H17NO2/c1-10-6-4-2-3-5-8(10)7-9(11)12/h8H,2-7H2,1H3,(H,11,12). The van der Waals surface area contributed by atoms with Crippen LogP contribution in [0.2, 0.25) is 0 Å². The first-order valence-corrected chi connectivity index (χ1v) is 4.62. The van der Waals surface area contributed by atoms with Gasteiger partial charge in [-0.05, 0) is 26.4 Å². The van der Waals surface area contributed by atoms with Crippen molar-refractivity contribution in [1.82, 2.24) is 4.90 Å². The first-order chi connectivity index (χ1) is 5.70. The summed E-state index contributed by atoms with van der Waals surface area (Å²) in [4.78, 5) is 12.7. The molecule has 0 bridgehead atoms. The summed E-state index contributed by atoms with van der Waals surface area (Å²) in [6.07, 6.45) is 4.99. The molecule has 1 saturated heterocycles. The van der Waals surface area contributed by atoms with Crippen LogP contribution in [0.25, 0.3) is 0 Å². The van der Waals surface area contributed by atoms with E-state index in [0.29, 0.717) is 6.42 Å². The molecule has 0 spiro atoms. The molecule has 1 rings (SSSR count). The van der Waals surface area contributed by atoms with Crippen LogP contribution in [-0.2, 0) is 4.79 Å². The highest BCUT2D eigenvalue weighted by atomic mass is 16.4. The highest BCUT2D eigenvalue weighted by molar-refractivity contribution is 5.67. The molecule has 0 aromatic carbocycles.